The van der Waals surface area contributed by atoms with Gasteiger partial charge >= 0.3 is 0 Å². The van der Waals surface area contributed by atoms with Crippen molar-refractivity contribution < 1.29 is 9.59 Å². The van der Waals surface area contributed by atoms with Crippen LogP contribution in [0.3, 0.4) is 0 Å². The van der Waals surface area contributed by atoms with Crippen molar-refractivity contribution in [2.24, 2.45) is 11.8 Å². The molecule has 0 N–H and O–H groups in total. The Morgan fingerprint density at radius 3 is 0.906 bits per heavy atom. The molecule has 0 amide bonds. The van der Waals surface area contributed by atoms with E-state index in [0.29, 0.717) is 56.4 Å². The van der Waals surface area contributed by atoms with Gasteiger partial charge in [-0.25, -0.2) is 20.2 Å². The highest BCUT2D eigenvalue weighted by atomic mass is 32.1. The first-order chi connectivity index (χ1) is 68.3. The van der Waals surface area contributed by atoms with Gasteiger partial charge in [0.25, 0.3) is 11.4 Å². The van der Waals surface area contributed by atoms with E-state index in [-0.39, 0.29) is 23.0 Å². The van der Waals surface area contributed by atoms with Gasteiger partial charge in [-0.3, -0.25) is 9.59 Å². The third-order valence-corrected chi connectivity index (χ3v) is 39.3. The lowest BCUT2D eigenvalue weighted by Gasteiger charge is -2.13. The molecule has 8 aromatic heterocycles. The number of hydrogen-bond acceptors (Lipinski definition) is 12. The normalized spacial score (nSPS) is 14.3. The number of nitriles is 2. The van der Waals surface area contributed by atoms with E-state index in [1.165, 1.54) is 388 Å². The maximum absolute atomic E-state index is 14.9. The SMILES string of the molecule is [C-]#[N+]/C(C#N)=C1\C(=Cc2sc(-c3cc(CCCCCCCCCCCC)c(-c4cc5c(-c6ccc(CC(CC)CCCC)s6)c6sc(-c7sc(-c8cc(CCCCCCCCCCCC)c(C=C9C(=O)c%10ccccc%10/C9=C(/C#N)[N+]#[C-])s8)cc7CCCCCCCCCCCCC)cc6c(-c6ccc(CC(CC)CCCC)s6)c5s4)s3)cc2CCCCCCCCCCCC)C(=O)c2ccccc21. The van der Waals surface area contributed by atoms with Crippen molar-refractivity contribution in [3.05, 3.63) is 219 Å². The summed E-state index contributed by atoms with van der Waals surface area (Å²) in [7, 11) is 0. The number of Topliss-reactive ketones (excluding diaryl/α,β-unsaturated/α-hetero) is 2. The van der Waals surface area contributed by atoms with Crippen LogP contribution in [0.4, 0.5) is 0 Å². The van der Waals surface area contributed by atoms with Gasteiger partial charge in [-0.15, -0.1) is 90.7 Å². The first-order valence-electron chi connectivity index (χ1n) is 54.8. The van der Waals surface area contributed by atoms with Gasteiger partial charge in [0.2, 0.25) is 0 Å². The lowest BCUT2D eigenvalue weighted by molar-refractivity contribution is 0.103. The number of hydrogen-bond donors (Lipinski definition) is 0. The fourth-order valence-electron chi connectivity index (χ4n) is 21.2. The average molecular weight is 2000 g/mol. The fourth-order valence-corrected chi connectivity index (χ4v) is 31.3. The minimum absolute atomic E-state index is 0.0400. The van der Waals surface area contributed by atoms with Gasteiger partial charge in [0.15, 0.2) is 11.6 Å². The maximum atomic E-state index is 14.9. The second kappa shape index (κ2) is 58.1. The van der Waals surface area contributed by atoms with E-state index in [1.54, 1.807) is 22.7 Å². The molecule has 3 aromatic carbocycles. The molecular formula is C125H156N4O2S8. The lowest BCUT2D eigenvalue weighted by atomic mass is 9.95. The molecular weight excluding hydrogens is 1850 g/mol. The second-order valence-electron chi connectivity index (χ2n) is 40.0. The Morgan fingerprint density at radius 2 is 0.604 bits per heavy atom. The summed E-state index contributed by atoms with van der Waals surface area (Å²) in [5.74, 6) is 1.01. The zero-order valence-electron chi connectivity index (χ0n) is 85.5. The lowest BCUT2D eigenvalue weighted by Crippen LogP contribution is -2.01. The van der Waals surface area contributed by atoms with E-state index in [9.17, 15) is 20.1 Å². The third kappa shape index (κ3) is 29.5. The highest BCUT2D eigenvalue weighted by Crippen LogP contribution is 2.58. The summed E-state index contributed by atoms with van der Waals surface area (Å²) < 4.78 is 2.74. The van der Waals surface area contributed by atoms with Crippen LogP contribution in [0.5, 0.6) is 0 Å². The third-order valence-electron chi connectivity index (χ3n) is 29.4. The predicted molar refractivity (Wildman–Crippen MR) is 614 cm³/mol. The number of carbonyl (C=O) groups excluding carboxylic acids is 2. The first-order valence-corrected chi connectivity index (χ1v) is 61.4. The molecule has 13 rings (SSSR count). The van der Waals surface area contributed by atoms with Gasteiger partial charge in [0.05, 0.1) is 25.3 Å². The molecule has 2 unspecified atom stereocenters. The molecule has 2 atom stereocenters. The molecule has 11 aromatic rings. The highest BCUT2D eigenvalue weighted by molar-refractivity contribution is 7.31. The van der Waals surface area contributed by atoms with Gasteiger partial charge in [0.1, 0.15) is 0 Å². The van der Waals surface area contributed by atoms with Crippen LogP contribution in [0.1, 0.15) is 444 Å². The van der Waals surface area contributed by atoms with E-state index in [4.69, 9.17) is 13.1 Å². The number of thiophene rings is 8. The molecule has 0 saturated heterocycles. The maximum Gasteiger partial charge on any atom is 0.270 e. The Bertz CT molecular complexity index is 5680. The molecule has 0 spiro atoms. The fraction of sp³-hybridized carbons (Fsp3) is 0.520. The number of carbonyl (C=O) groups is 2. The van der Waals surface area contributed by atoms with Crippen LogP contribution in [0, 0.1) is 47.6 Å². The van der Waals surface area contributed by atoms with E-state index in [1.807, 2.05) is 117 Å². The van der Waals surface area contributed by atoms with E-state index in [2.05, 4.69) is 150 Å². The van der Waals surface area contributed by atoms with Crippen molar-refractivity contribution in [3.8, 4) is 72.0 Å². The summed E-state index contributed by atoms with van der Waals surface area (Å²) in [6.07, 6.45) is 71.7. The number of unbranched alkanes of at least 4 members (excludes halogenated alkanes) is 39. The predicted octanol–water partition coefficient (Wildman–Crippen LogP) is 43.1. The van der Waals surface area contributed by atoms with Crippen LogP contribution in [-0.4, -0.2) is 11.6 Å². The van der Waals surface area contributed by atoms with E-state index in [0.717, 1.165) is 86.8 Å². The molecule has 139 heavy (non-hydrogen) atoms. The van der Waals surface area contributed by atoms with Crippen LogP contribution in [0.25, 0.3) is 113 Å². The summed E-state index contributed by atoms with van der Waals surface area (Å²) in [5.41, 5.74) is 12.2. The molecule has 0 fully saturated rings. The van der Waals surface area contributed by atoms with Gasteiger partial charge in [-0.2, -0.15) is 0 Å². The van der Waals surface area contributed by atoms with Crippen LogP contribution in [-0.2, 0) is 38.5 Å². The molecule has 2 aliphatic rings. The Morgan fingerprint density at radius 1 is 0.317 bits per heavy atom. The van der Waals surface area contributed by atoms with Crippen molar-refractivity contribution in [1.29, 1.82) is 10.5 Å². The molecule has 2 aliphatic carbocycles. The summed E-state index contributed by atoms with van der Waals surface area (Å²) in [5, 5.41) is 23.9. The summed E-state index contributed by atoms with van der Waals surface area (Å²) in [6, 6.07) is 44.9. The Balaban J connectivity index is 0.986. The van der Waals surface area contributed by atoms with Gasteiger partial charge in [-0.05, 0) is 182 Å². The van der Waals surface area contributed by atoms with Crippen molar-refractivity contribution in [2.75, 3.05) is 0 Å². The zero-order chi connectivity index (χ0) is 97.5. The van der Waals surface area contributed by atoms with Crippen LogP contribution in [0.2, 0.25) is 0 Å². The molecule has 0 aliphatic heterocycles. The minimum Gasteiger partial charge on any atom is -0.289 e. The molecule has 6 nitrogen and oxygen atoms in total. The van der Waals surface area contributed by atoms with Crippen molar-refractivity contribution in [3.63, 3.8) is 0 Å². The van der Waals surface area contributed by atoms with Crippen molar-refractivity contribution in [1.82, 2.24) is 0 Å². The molecule has 0 saturated carbocycles. The summed E-state index contributed by atoms with van der Waals surface area (Å²) in [4.78, 5) is 55.4. The number of allylic oxidation sites excluding steroid dienone is 6. The number of nitrogens with zero attached hydrogens (tertiary/aromatic N) is 4. The van der Waals surface area contributed by atoms with Crippen LogP contribution >= 0.6 is 90.7 Å². The highest BCUT2D eigenvalue weighted by Gasteiger charge is 2.36. The number of ketones is 2. The molecule has 736 valence electrons. The van der Waals surface area contributed by atoms with E-state index >= 15 is 0 Å². The molecule has 0 radical (unpaired) electrons. The van der Waals surface area contributed by atoms with E-state index < -0.39 is 0 Å². The number of fused-ring (bicyclic) bond motifs is 4. The number of benzene rings is 3. The van der Waals surface area contributed by atoms with Gasteiger partial charge in [0, 0.05) is 133 Å². The topological polar surface area (TPSA) is 90.4 Å². The van der Waals surface area contributed by atoms with Gasteiger partial charge in [-0.1, -0.05) is 393 Å². The quantitative estimate of drug-likeness (QED) is 0.0164. The molecule has 14 heteroatoms. The Hall–Kier alpha value is -7.96. The Labute approximate surface area is 869 Å². The monoisotopic (exact) mass is 2000 g/mol. The first kappa shape index (κ1) is 108. The number of rotatable bonds is 65. The largest absolute Gasteiger partial charge is 0.289 e. The van der Waals surface area contributed by atoms with Crippen molar-refractivity contribution >= 4 is 146 Å². The summed E-state index contributed by atoms with van der Waals surface area (Å²) in [6.45, 7) is 35.2. The molecule has 0 bridgehead atoms. The Kier molecular flexibility index (Phi) is 45.3. The van der Waals surface area contributed by atoms with Gasteiger partial charge < -0.3 is 0 Å². The average Bonchev–Trinajstić information content (AvgIpc) is 1.56. The molecule has 8 heterocycles. The number of aryl methyl sites for hydroxylation is 4. The van der Waals surface area contributed by atoms with Crippen LogP contribution < -0.4 is 0 Å². The second-order valence-corrected chi connectivity index (χ2v) is 48.7. The summed E-state index contributed by atoms with van der Waals surface area (Å²) >= 11 is 15.7. The minimum atomic E-state index is -0.122. The van der Waals surface area contributed by atoms with Crippen molar-refractivity contribution in [2.45, 2.75) is 409 Å². The zero-order valence-corrected chi connectivity index (χ0v) is 92.0. The van der Waals surface area contributed by atoms with Crippen LogP contribution in [0.15, 0.2) is 132 Å². The smallest absolute Gasteiger partial charge is 0.270 e. The standard InChI is InChI=1S/C125H156N4O2S8/c1-11-19-25-29-33-37-41-45-49-53-57-67-93-81-113(111-79-91(65-55-51-47-43-39-35-31-27-21-13-3)109(135-111)83-101-117(105(87-127)129-10)97-69-59-61-71-99(97)121(101)131)137-123(93)115-85-103-119(107-75-73-95(133-107)77-89(18-8)63-24-16-6)124-102(118(125(103)139-115)106-74-72-94(132-106)76-88(17-7)62-23-15-5)84-114(138-124)122-92(66-56-52-48-44-40-36-32-28-22-14-4)80-112(136-122)110-78-90(64-54-50-46-42-38-34-30-26-20-12-2)108(134-110)82-100-116(104(86-126)128-9)96-68-58-60-70-98(96)120(100)130/h58-61,68-75,78-85,88-89H,11-57,62-67,76-77H2,1-8H3/b100-82?,101-83?,116-104-,117-105+.